The monoisotopic (exact) mass is 398 g/mol. The van der Waals surface area contributed by atoms with Crippen molar-refractivity contribution >= 4 is 27.3 Å². The van der Waals surface area contributed by atoms with Crippen LogP contribution in [0.1, 0.15) is 24.1 Å². The van der Waals surface area contributed by atoms with Crippen LogP contribution >= 0.6 is 11.6 Å². The van der Waals surface area contributed by atoms with Gasteiger partial charge in [-0.05, 0) is 32.0 Å². The summed E-state index contributed by atoms with van der Waals surface area (Å²) < 4.78 is 47.3. The predicted molar refractivity (Wildman–Crippen MR) is 95.2 cm³/mol. The zero-order valence-corrected chi connectivity index (χ0v) is 15.8. The summed E-state index contributed by atoms with van der Waals surface area (Å²) in [5.74, 6) is -0.207. The fraction of sp³-hybridized carbons (Fsp3) is 0.250. The lowest BCUT2D eigenvalue weighted by Gasteiger charge is -2.10. The van der Waals surface area contributed by atoms with E-state index in [0.29, 0.717) is 23.6 Å². The van der Waals surface area contributed by atoms with Crippen molar-refractivity contribution < 1.29 is 17.3 Å². The molecule has 0 bridgehead atoms. The fourth-order valence-corrected chi connectivity index (χ4v) is 4.31. The maximum absolute atomic E-state index is 14.0. The number of aromatic nitrogens is 3. The molecule has 3 rings (SSSR count). The standard InChI is InChI=1S/C16H16ClFN4O3S/c1-4-13-20-16(25-21-13)14-8(2)19-9(3)15(14)26(23,24)22-12-7-10(17)5-6-11(12)18/h5-7,19,22H,4H2,1-3H3. The van der Waals surface area contributed by atoms with Gasteiger partial charge in [0.2, 0.25) is 0 Å². The highest BCUT2D eigenvalue weighted by Crippen LogP contribution is 2.34. The molecule has 2 N–H and O–H groups in total. The molecule has 0 atom stereocenters. The number of H-pyrrole nitrogens is 1. The minimum absolute atomic E-state index is 0.0793. The van der Waals surface area contributed by atoms with Crippen LogP contribution in [0.4, 0.5) is 10.1 Å². The van der Waals surface area contributed by atoms with Gasteiger partial charge in [0, 0.05) is 22.8 Å². The van der Waals surface area contributed by atoms with Crippen molar-refractivity contribution in [3.8, 4) is 11.5 Å². The summed E-state index contributed by atoms with van der Waals surface area (Å²) in [4.78, 5) is 7.07. The average molecular weight is 399 g/mol. The number of hydrogen-bond donors (Lipinski definition) is 2. The second kappa shape index (κ2) is 6.73. The van der Waals surface area contributed by atoms with Crippen LogP contribution < -0.4 is 4.72 Å². The van der Waals surface area contributed by atoms with Crippen molar-refractivity contribution in [2.45, 2.75) is 32.1 Å². The number of benzene rings is 1. The number of halogens is 2. The van der Waals surface area contributed by atoms with E-state index in [2.05, 4.69) is 19.8 Å². The molecule has 2 aromatic heterocycles. The molecule has 138 valence electrons. The third-order valence-corrected chi connectivity index (χ3v) is 5.53. The summed E-state index contributed by atoms with van der Waals surface area (Å²) in [5, 5.41) is 4.01. The number of hydrogen-bond acceptors (Lipinski definition) is 5. The number of aromatic amines is 1. The molecule has 0 unspecified atom stereocenters. The second-order valence-electron chi connectivity index (χ2n) is 5.68. The molecule has 0 aliphatic carbocycles. The van der Waals surface area contributed by atoms with Crippen molar-refractivity contribution in [1.82, 2.24) is 15.1 Å². The predicted octanol–water partition coefficient (Wildman–Crippen LogP) is 3.84. The lowest BCUT2D eigenvalue weighted by Crippen LogP contribution is -2.15. The SMILES string of the molecule is CCc1noc(-c2c(C)[nH]c(C)c2S(=O)(=O)Nc2cc(Cl)ccc2F)n1. The maximum atomic E-state index is 14.0. The number of anilines is 1. The quantitative estimate of drug-likeness (QED) is 0.680. The van der Waals surface area contributed by atoms with Crippen molar-refractivity contribution in [2.75, 3.05) is 4.72 Å². The largest absolute Gasteiger partial charge is 0.361 e. The first-order valence-corrected chi connectivity index (χ1v) is 9.59. The molecule has 0 saturated carbocycles. The van der Waals surface area contributed by atoms with E-state index in [0.717, 1.165) is 6.07 Å². The molecular weight excluding hydrogens is 383 g/mol. The fourth-order valence-electron chi connectivity index (χ4n) is 2.62. The van der Waals surface area contributed by atoms with E-state index in [1.54, 1.807) is 13.8 Å². The van der Waals surface area contributed by atoms with Gasteiger partial charge in [-0.3, -0.25) is 4.72 Å². The van der Waals surface area contributed by atoms with E-state index in [1.165, 1.54) is 12.1 Å². The summed E-state index contributed by atoms with van der Waals surface area (Å²) in [5.41, 5.74) is 0.913. The molecule has 7 nitrogen and oxygen atoms in total. The van der Waals surface area contributed by atoms with Gasteiger partial charge in [-0.15, -0.1) is 0 Å². The Bertz CT molecular complexity index is 1080. The summed E-state index contributed by atoms with van der Waals surface area (Å²) in [6.07, 6.45) is 0.542. The zero-order valence-electron chi connectivity index (χ0n) is 14.2. The van der Waals surface area contributed by atoms with Crippen LogP contribution in [-0.2, 0) is 16.4 Å². The Balaban J connectivity index is 2.12. The van der Waals surface area contributed by atoms with Gasteiger partial charge in [-0.25, -0.2) is 12.8 Å². The van der Waals surface area contributed by atoms with E-state index in [4.69, 9.17) is 16.1 Å². The average Bonchev–Trinajstić information content (AvgIpc) is 3.14. The second-order valence-corrected chi connectivity index (χ2v) is 7.73. The van der Waals surface area contributed by atoms with Gasteiger partial charge < -0.3 is 9.51 Å². The Morgan fingerprint density at radius 3 is 2.69 bits per heavy atom. The first-order chi connectivity index (χ1) is 12.2. The molecule has 0 saturated heterocycles. The molecule has 26 heavy (non-hydrogen) atoms. The van der Waals surface area contributed by atoms with Crippen LogP contribution in [0.2, 0.25) is 5.02 Å². The highest BCUT2D eigenvalue weighted by atomic mass is 35.5. The summed E-state index contributed by atoms with van der Waals surface area (Å²) >= 11 is 5.83. The Morgan fingerprint density at radius 2 is 2.04 bits per heavy atom. The minimum atomic E-state index is -4.15. The molecular formula is C16H16ClFN4O3S. The molecule has 0 spiro atoms. The molecule has 2 heterocycles. The van der Waals surface area contributed by atoms with Gasteiger partial charge in [-0.2, -0.15) is 4.98 Å². The first-order valence-electron chi connectivity index (χ1n) is 7.73. The van der Waals surface area contributed by atoms with Gasteiger partial charge in [0.15, 0.2) is 5.82 Å². The van der Waals surface area contributed by atoms with Gasteiger partial charge >= 0.3 is 0 Å². The molecule has 0 aliphatic heterocycles. The van der Waals surface area contributed by atoms with Gasteiger partial charge in [0.1, 0.15) is 10.7 Å². The van der Waals surface area contributed by atoms with Crippen molar-refractivity contribution in [3.63, 3.8) is 0 Å². The molecule has 0 amide bonds. The van der Waals surface area contributed by atoms with Gasteiger partial charge in [0.25, 0.3) is 15.9 Å². The van der Waals surface area contributed by atoms with E-state index < -0.39 is 15.8 Å². The van der Waals surface area contributed by atoms with Crippen LogP contribution in [-0.4, -0.2) is 23.5 Å². The summed E-state index contributed by atoms with van der Waals surface area (Å²) in [6.45, 7) is 5.14. The van der Waals surface area contributed by atoms with Crippen LogP contribution in [0.5, 0.6) is 0 Å². The van der Waals surface area contributed by atoms with E-state index in [1.807, 2.05) is 6.92 Å². The lowest BCUT2D eigenvalue weighted by molar-refractivity contribution is 0.422. The van der Waals surface area contributed by atoms with Crippen molar-refractivity contribution in [3.05, 3.63) is 46.3 Å². The Hall–Kier alpha value is -2.39. The third kappa shape index (κ3) is 3.32. The highest BCUT2D eigenvalue weighted by molar-refractivity contribution is 7.93. The van der Waals surface area contributed by atoms with Gasteiger partial charge in [-0.1, -0.05) is 23.7 Å². The zero-order chi connectivity index (χ0) is 19.1. The molecule has 0 aliphatic rings. The van der Waals surface area contributed by atoms with E-state index >= 15 is 0 Å². The van der Waals surface area contributed by atoms with Crippen LogP contribution in [0, 0.1) is 19.7 Å². The topological polar surface area (TPSA) is 101 Å². The Kier molecular flexibility index (Phi) is 4.76. The smallest absolute Gasteiger partial charge is 0.264 e. The van der Waals surface area contributed by atoms with Crippen LogP contribution in [0.15, 0.2) is 27.6 Å². The molecule has 1 aromatic carbocycles. The molecule has 3 aromatic rings. The third-order valence-electron chi connectivity index (χ3n) is 3.76. The van der Waals surface area contributed by atoms with E-state index in [-0.39, 0.29) is 27.1 Å². The number of nitrogens with zero attached hydrogens (tertiary/aromatic N) is 2. The first kappa shape index (κ1) is 18.4. The van der Waals surface area contributed by atoms with Crippen LogP contribution in [0.3, 0.4) is 0 Å². The highest BCUT2D eigenvalue weighted by Gasteiger charge is 2.29. The summed E-state index contributed by atoms with van der Waals surface area (Å²) in [6, 6.07) is 3.61. The van der Waals surface area contributed by atoms with Crippen LogP contribution in [0.25, 0.3) is 11.5 Å². The maximum Gasteiger partial charge on any atom is 0.264 e. The number of aryl methyl sites for hydroxylation is 3. The minimum Gasteiger partial charge on any atom is -0.361 e. The number of nitrogens with one attached hydrogen (secondary N) is 2. The normalized spacial score (nSPS) is 11.7. The molecule has 0 radical (unpaired) electrons. The van der Waals surface area contributed by atoms with Gasteiger partial charge in [0.05, 0.1) is 11.3 Å². The molecule has 0 fully saturated rings. The summed E-state index contributed by atoms with van der Waals surface area (Å²) in [7, 11) is -4.15. The van der Waals surface area contributed by atoms with Crippen molar-refractivity contribution in [2.24, 2.45) is 0 Å². The van der Waals surface area contributed by atoms with E-state index in [9.17, 15) is 12.8 Å². The lowest BCUT2D eigenvalue weighted by atomic mass is 10.2. The Morgan fingerprint density at radius 1 is 1.31 bits per heavy atom. The van der Waals surface area contributed by atoms with Crippen molar-refractivity contribution in [1.29, 1.82) is 0 Å². The number of rotatable bonds is 5. The number of sulfonamides is 1. The molecule has 10 heteroatoms. The Labute approximate surface area is 154 Å².